The molecule has 5 heteroatoms. The van der Waals surface area contributed by atoms with Crippen molar-refractivity contribution in [2.24, 2.45) is 5.73 Å². The van der Waals surface area contributed by atoms with Crippen LogP contribution in [0.15, 0.2) is 11.7 Å². The van der Waals surface area contributed by atoms with Crippen LogP contribution in [0.4, 0.5) is 0 Å². The van der Waals surface area contributed by atoms with E-state index in [1.807, 2.05) is 0 Å². The van der Waals surface area contributed by atoms with Crippen LogP contribution in [0.25, 0.3) is 0 Å². The van der Waals surface area contributed by atoms with Gasteiger partial charge in [0.15, 0.2) is 5.06 Å². The van der Waals surface area contributed by atoms with Crippen LogP contribution in [0.5, 0.6) is 5.06 Å². The fourth-order valence-electron chi connectivity index (χ4n) is 0.522. The summed E-state index contributed by atoms with van der Waals surface area (Å²) >= 11 is 1.39. The Hall–Kier alpha value is -0.650. The molecular weight excluding hydrogens is 164 g/mol. The van der Waals surface area contributed by atoms with Gasteiger partial charge in [0.1, 0.15) is 12.7 Å². The van der Waals surface area contributed by atoms with E-state index in [1.54, 1.807) is 11.7 Å². The molecule has 1 unspecified atom stereocenters. The minimum absolute atomic E-state index is 0.221. The van der Waals surface area contributed by atoms with Gasteiger partial charge in [0.05, 0.1) is 11.7 Å². The Labute approximate surface area is 68.6 Å². The Balaban J connectivity index is 2.23. The van der Waals surface area contributed by atoms with E-state index in [-0.39, 0.29) is 13.2 Å². The maximum absolute atomic E-state index is 8.99. The van der Waals surface area contributed by atoms with Crippen molar-refractivity contribution in [1.82, 2.24) is 4.98 Å². The quantitative estimate of drug-likeness (QED) is 0.665. The molecule has 0 aliphatic heterocycles. The van der Waals surface area contributed by atoms with Gasteiger partial charge in [0.2, 0.25) is 0 Å². The second kappa shape index (κ2) is 4.27. The molecule has 4 nitrogen and oxygen atoms in total. The lowest BCUT2D eigenvalue weighted by molar-refractivity contribution is 0.116. The van der Waals surface area contributed by atoms with Crippen molar-refractivity contribution in [2.75, 3.05) is 13.2 Å². The summed E-state index contributed by atoms with van der Waals surface area (Å²) in [4.78, 5) is 3.81. The molecule has 0 amide bonds. The smallest absolute Gasteiger partial charge is 0.193 e. The average molecular weight is 174 g/mol. The van der Waals surface area contributed by atoms with Crippen LogP contribution >= 0.6 is 11.3 Å². The Kier molecular flexibility index (Phi) is 3.28. The van der Waals surface area contributed by atoms with Crippen molar-refractivity contribution in [2.45, 2.75) is 6.10 Å². The summed E-state index contributed by atoms with van der Waals surface area (Å²) in [5.74, 6) is 0. The van der Waals surface area contributed by atoms with Gasteiger partial charge < -0.3 is 15.6 Å². The van der Waals surface area contributed by atoms with E-state index < -0.39 is 6.10 Å². The van der Waals surface area contributed by atoms with E-state index in [9.17, 15) is 0 Å². The first kappa shape index (κ1) is 8.45. The Bertz CT molecular complexity index is 190. The highest BCUT2D eigenvalue weighted by Gasteiger charge is 2.01. The number of aromatic nitrogens is 1. The van der Waals surface area contributed by atoms with Gasteiger partial charge in [-0.05, 0) is 0 Å². The van der Waals surface area contributed by atoms with E-state index in [1.165, 1.54) is 11.3 Å². The van der Waals surface area contributed by atoms with Gasteiger partial charge in [0, 0.05) is 6.54 Å². The van der Waals surface area contributed by atoms with Crippen LogP contribution in [-0.2, 0) is 0 Å². The molecule has 1 rings (SSSR count). The monoisotopic (exact) mass is 174 g/mol. The predicted molar refractivity (Wildman–Crippen MR) is 42.7 cm³/mol. The van der Waals surface area contributed by atoms with E-state index in [0.29, 0.717) is 5.06 Å². The number of nitrogens with two attached hydrogens (primary N) is 1. The summed E-state index contributed by atoms with van der Waals surface area (Å²) in [7, 11) is 0. The third-order valence-corrected chi connectivity index (χ3v) is 1.78. The number of aliphatic hydroxyl groups is 1. The van der Waals surface area contributed by atoms with Crippen molar-refractivity contribution < 1.29 is 9.84 Å². The number of hydrogen-bond donors (Lipinski definition) is 2. The van der Waals surface area contributed by atoms with Crippen LogP contribution in [0.2, 0.25) is 0 Å². The zero-order chi connectivity index (χ0) is 8.10. The highest BCUT2D eigenvalue weighted by atomic mass is 32.1. The van der Waals surface area contributed by atoms with Gasteiger partial charge in [-0.25, -0.2) is 4.98 Å². The first-order valence-corrected chi connectivity index (χ1v) is 4.10. The summed E-state index contributed by atoms with van der Waals surface area (Å²) in [5.41, 5.74) is 6.84. The van der Waals surface area contributed by atoms with Gasteiger partial charge in [0.25, 0.3) is 0 Å². The predicted octanol–water partition coefficient (Wildman–Crippen LogP) is -0.159. The Morgan fingerprint density at radius 3 is 3.18 bits per heavy atom. The van der Waals surface area contributed by atoms with Gasteiger partial charge in [-0.3, -0.25) is 0 Å². The lowest BCUT2D eigenvalue weighted by Crippen LogP contribution is -2.26. The number of rotatable bonds is 4. The molecule has 0 aromatic carbocycles. The van der Waals surface area contributed by atoms with Gasteiger partial charge in [-0.1, -0.05) is 11.3 Å². The second-order valence-corrected chi connectivity index (χ2v) is 2.87. The molecule has 0 fully saturated rings. The molecule has 3 N–H and O–H groups in total. The van der Waals surface area contributed by atoms with Gasteiger partial charge in [-0.15, -0.1) is 0 Å². The molecule has 1 heterocycles. The van der Waals surface area contributed by atoms with Crippen LogP contribution in [0.3, 0.4) is 0 Å². The molecule has 1 aromatic heterocycles. The molecule has 0 saturated carbocycles. The lowest BCUT2D eigenvalue weighted by atomic mass is 10.4. The summed E-state index contributed by atoms with van der Waals surface area (Å²) < 4.78 is 5.12. The number of nitrogens with zero attached hydrogens (tertiary/aromatic N) is 1. The normalized spacial score (nSPS) is 12.9. The number of aliphatic hydroxyl groups excluding tert-OH is 1. The molecule has 1 aromatic rings. The second-order valence-electron chi connectivity index (χ2n) is 2.02. The van der Waals surface area contributed by atoms with Crippen molar-refractivity contribution in [3.63, 3.8) is 0 Å². The van der Waals surface area contributed by atoms with Crippen LogP contribution in [0, 0.1) is 0 Å². The van der Waals surface area contributed by atoms with E-state index in [0.717, 1.165) is 0 Å². The van der Waals surface area contributed by atoms with Crippen molar-refractivity contribution in [1.29, 1.82) is 0 Å². The first-order valence-electron chi connectivity index (χ1n) is 3.22. The van der Waals surface area contributed by atoms with Crippen molar-refractivity contribution >= 4 is 11.3 Å². The summed E-state index contributed by atoms with van der Waals surface area (Å²) in [6.07, 6.45) is 1.02. The fourth-order valence-corrected chi connectivity index (χ4v) is 1.01. The third-order valence-electron chi connectivity index (χ3n) is 1.10. The van der Waals surface area contributed by atoms with E-state index in [2.05, 4.69) is 4.98 Å². The molecule has 0 aliphatic carbocycles. The number of ether oxygens (including phenoxy) is 1. The number of hydrogen-bond acceptors (Lipinski definition) is 5. The molecule has 0 spiro atoms. The van der Waals surface area contributed by atoms with Crippen molar-refractivity contribution in [3.05, 3.63) is 11.7 Å². The van der Waals surface area contributed by atoms with Crippen LogP contribution in [-0.4, -0.2) is 29.3 Å². The SMILES string of the molecule is NCC(O)COc1cncs1. The van der Waals surface area contributed by atoms with E-state index in [4.69, 9.17) is 15.6 Å². The topological polar surface area (TPSA) is 68.4 Å². The molecule has 0 aliphatic rings. The first-order chi connectivity index (χ1) is 5.33. The zero-order valence-corrected chi connectivity index (χ0v) is 6.75. The van der Waals surface area contributed by atoms with Crippen LogP contribution < -0.4 is 10.5 Å². The maximum atomic E-state index is 8.99. The zero-order valence-electron chi connectivity index (χ0n) is 5.93. The lowest BCUT2D eigenvalue weighted by Gasteiger charge is -2.06. The minimum atomic E-state index is -0.586. The summed E-state index contributed by atoms with van der Waals surface area (Å²) in [6.45, 7) is 0.456. The molecule has 0 saturated heterocycles. The Morgan fingerprint density at radius 2 is 2.64 bits per heavy atom. The number of thiazole rings is 1. The highest BCUT2D eigenvalue weighted by Crippen LogP contribution is 2.15. The minimum Gasteiger partial charge on any atom is -0.480 e. The molecule has 0 radical (unpaired) electrons. The summed E-state index contributed by atoms with van der Waals surface area (Å²) in [5, 5.41) is 9.70. The third kappa shape index (κ3) is 2.83. The van der Waals surface area contributed by atoms with Gasteiger partial charge in [-0.2, -0.15) is 0 Å². The van der Waals surface area contributed by atoms with Crippen LogP contribution in [0.1, 0.15) is 0 Å². The van der Waals surface area contributed by atoms with Gasteiger partial charge >= 0.3 is 0 Å². The molecule has 0 bridgehead atoms. The maximum Gasteiger partial charge on any atom is 0.193 e. The molecule has 62 valence electrons. The van der Waals surface area contributed by atoms with Crippen molar-refractivity contribution in [3.8, 4) is 5.06 Å². The Morgan fingerprint density at radius 1 is 1.82 bits per heavy atom. The molecular formula is C6H10N2O2S. The highest BCUT2D eigenvalue weighted by molar-refractivity contribution is 7.11. The summed E-state index contributed by atoms with van der Waals surface area (Å²) in [6, 6.07) is 0. The fraction of sp³-hybridized carbons (Fsp3) is 0.500. The molecule has 11 heavy (non-hydrogen) atoms. The van der Waals surface area contributed by atoms with E-state index >= 15 is 0 Å². The largest absolute Gasteiger partial charge is 0.480 e. The standard InChI is InChI=1S/C6H10N2O2S/c7-1-5(9)3-10-6-2-8-4-11-6/h2,4-5,9H,1,3,7H2. The average Bonchev–Trinajstić information content (AvgIpc) is 2.52. The molecule has 1 atom stereocenters.